The molecule has 4 aromatic rings. The summed E-state index contributed by atoms with van der Waals surface area (Å²) in [6.45, 7) is 6.09. The second-order valence-corrected chi connectivity index (χ2v) is 20.9. The topological polar surface area (TPSA) is 18.5 Å². The predicted molar refractivity (Wildman–Crippen MR) is 132 cm³/mol. The van der Waals surface area contributed by atoms with Gasteiger partial charge in [0.2, 0.25) is 0 Å². The molecule has 2 nitrogen and oxygen atoms in total. The number of hydrogen-bond acceptors (Lipinski definition) is 2. The fourth-order valence-corrected chi connectivity index (χ4v) is 19.7. The zero-order chi connectivity index (χ0) is 21.8. The first-order valence-electron chi connectivity index (χ1n) is 10.6. The van der Waals surface area contributed by atoms with Crippen LogP contribution in [0.15, 0.2) is 121 Å². The summed E-state index contributed by atoms with van der Waals surface area (Å²) in [6.07, 6.45) is 0. The molecule has 0 saturated heterocycles. The van der Waals surface area contributed by atoms with Gasteiger partial charge in [-0.3, -0.25) is 0 Å². The molecule has 0 heterocycles. The molecule has 0 aliphatic heterocycles. The molecule has 0 amide bonds. The van der Waals surface area contributed by atoms with Crippen molar-refractivity contribution in [3.8, 4) is 0 Å². The van der Waals surface area contributed by atoms with Crippen LogP contribution in [0.3, 0.4) is 0 Å². The predicted octanol–water partition coefficient (Wildman–Crippen LogP) is 4.26. The van der Waals surface area contributed by atoms with Crippen LogP contribution in [0.25, 0.3) is 0 Å². The van der Waals surface area contributed by atoms with Crippen molar-refractivity contribution in [2.24, 2.45) is 0 Å². The number of rotatable bonds is 6. The average molecular weight is 519 g/mol. The molecule has 3 heteroatoms. The van der Waals surface area contributed by atoms with E-state index in [1.54, 1.807) is 0 Å². The molecule has 0 spiro atoms. The van der Waals surface area contributed by atoms with Crippen molar-refractivity contribution >= 4 is 31.9 Å². The molecule has 0 N–H and O–H groups in total. The Bertz CT molecular complexity index is 936. The summed E-state index contributed by atoms with van der Waals surface area (Å²) in [5, 5.41) is 0. The van der Waals surface area contributed by atoms with E-state index < -0.39 is 23.4 Å². The molecule has 158 valence electrons. The van der Waals surface area contributed by atoms with E-state index in [0.717, 1.165) is 0 Å². The van der Waals surface area contributed by atoms with E-state index in [-0.39, 0.29) is 0 Å². The zero-order valence-corrected chi connectivity index (χ0v) is 20.9. The van der Waals surface area contributed by atoms with E-state index in [4.69, 9.17) is 8.05 Å². The summed E-state index contributed by atoms with van der Waals surface area (Å²) < 4.78 is 11.7. The van der Waals surface area contributed by atoms with Gasteiger partial charge in [-0.05, 0) is 0 Å². The van der Waals surface area contributed by atoms with Crippen molar-refractivity contribution in [3.63, 3.8) is 0 Å². The fourth-order valence-electron chi connectivity index (χ4n) is 4.10. The molecular formula is C28H29O2Sb. The van der Waals surface area contributed by atoms with Crippen LogP contribution in [0.4, 0.5) is 0 Å². The molecule has 4 aromatic carbocycles. The Morgan fingerprint density at radius 2 is 0.710 bits per heavy atom. The summed E-state index contributed by atoms with van der Waals surface area (Å²) in [5.41, 5.74) is -0.472. The Balaban J connectivity index is 2.24. The van der Waals surface area contributed by atoms with Gasteiger partial charge in [-0.2, -0.15) is 0 Å². The molecular weight excluding hydrogens is 490 g/mol. The maximum atomic E-state index is 7.03. The van der Waals surface area contributed by atoms with Crippen molar-refractivity contribution < 1.29 is 8.05 Å². The fraction of sp³-hybridized carbons (Fsp3) is 0.143. The van der Waals surface area contributed by atoms with Gasteiger partial charge in [-0.1, -0.05) is 0 Å². The Kier molecular flexibility index (Phi) is 6.08. The van der Waals surface area contributed by atoms with Crippen molar-refractivity contribution in [2.75, 3.05) is 0 Å². The van der Waals surface area contributed by atoms with Crippen LogP contribution in [0.1, 0.15) is 20.8 Å². The van der Waals surface area contributed by atoms with Gasteiger partial charge in [-0.25, -0.2) is 0 Å². The zero-order valence-electron chi connectivity index (χ0n) is 18.3. The van der Waals surface area contributed by atoms with Crippen molar-refractivity contribution in [1.82, 2.24) is 0 Å². The monoisotopic (exact) mass is 518 g/mol. The Hall–Kier alpha value is -2.38. The van der Waals surface area contributed by atoms with Gasteiger partial charge in [0.1, 0.15) is 0 Å². The van der Waals surface area contributed by atoms with Gasteiger partial charge < -0.3 is 0 Å². The van der Waals surface area contributed by atoms with Gasteiger partial charge in [0.15, 0.2) is 0 Å². The van der Waals surface area contributed by atoms with Crippen LogP contribution in [0.2, 0.25) is 0 Å². The first kappa shape index (κ1) is 21.8. The summed E-state index contributed by atoms with van der Waals surface area (Å²) in [6, 6.07) is 42.5. The Morgan fingerprint density at radius 1 is 0.452 bits per heavy atom. The van der Waals surface area contributed by atoms with E-state index >= 15 is 0 Å². The molecule has 0 atom stereocenters. The third kappa shape index (κ3) is 3.74. The summed E-state index contributed by atoms with van der Waals surface area (Å²) >= 11 is -4.87. The Labute approximate surface area is 187 Å². The van der Waals surface area contributed by atoms with Crippen molar-refractivity contribution in [2.45, 2.75) is 26.4 Å². The maximum absolute atomic E-state index is 7.03. The molecule has 4 rings (SSSR count). The van der Waals surface area contributed by atoms with Gasteiger partial charge in [-0.15, -0.1) is 0 Å². The number of hydrogen-bond donors (Lipinski definition) is 0. The number of benzene rings is 4. The van der Waals surface area contributed by atoms with Crippen LogP contribution < -0.4 is 14.0 Å². The first-order chi connectivity index (χ1) is 15.0. The molecule has 0 radical (unpaired) electrons. The van der Waals surface area contributed by atoms with E-state index in [1.807, 2.05) is 20.8 Å². The van der Waals surface area contributed by atoms with Gasteiger partial charge in [0.25, 0.3) is 0 Å². The molecule has 0 aliphatic carbocycles. The molecule has 0 aromatic heterocycles. The standard InChI is InChI=1S/4C6H5.C4H10O2.Sb/c4*1-2-4-6-5-3-1;1-4(2,3)6-5;/h4*1-5H;5H,1-3H3;/q;;;;;+1/p-1. The second-order valence-electron chi connectivity index (χ2n) is 8.65. The third-order valence-corrected chi connectivity index (χ3v) is 21.1. The Morgan fingerprint density at radius 3 is 0.935 bits per heavy atom. The van der Waals surface area contributed by atoms with Crippen LogP contribution in [-0.2, 0) is 8.05 Å². The summed E-state index contributed by atoms with van der Waals surface area (Å²) in [7, 11) is 0. The molecule has 31 heavy (non-hydrogen) atoms. The van der Waals surface area contributed by atoms with Crippen molar-refractivity contribution in [1.29, 1.82) is 0 Å². The van der Waals surface area contributed by atoms with Gasteiger partial charge >= 0.3 is 188 Å². The molecule has 0 saturated carbocycles. The van der Waals surface area contributed by atoms with Gasteiger partial charge in [0, 0.05) is 0 Å². The molecule has 0 fully saturated rings. The van der Waals surface area contributed by atoms with Crippen LogP contribution in [0, 0.1) is 0 Å². The van der Waals surface area contributed by atoms with Crippen LogP contribution >= 0.6 is 0 Å². The van der Waals surface area contributed by atoms with E-state index in [0.29, 0.717) is 0 Å². The van der Waals surface area contributed by atoms with Crippen LogP contribution in [0.5, 0.6) is 0 Å². The van der Waals surface area contributed by atoms with Crippen LogP contribution in [-0.4, -0.2) is 23.4 Å². The first-order valence-corrected chi connectivity index (χ1v) is 16.7. The summed E-state index contributed by atoms with van der Waals surface area (Å²) in [4.78, 5) is 6.31. The minimum atomic E-state index is -4.87. The van der Waals surface area contributed by atoms with Crippen molar-refractivity contribution in [3.05, 3.63) is 121 Å². The average Bonchev–Trinajstić information content (AvgIpc) is 2.82. The molecule has 0 bridgehead atoms. The summed E-state index contributed by atoms with van der Waals surface area (Å²) in [5.74, 6) is 0. The normalized spacial score (nSPS) is 13.3. The second kappa shape index (κ2) is 8.63. The quantitative estimate of drug-likeness (QED) is 0.216. The van der Waals surface area contributed by atoms with E-state index in [2.05, 4.69) is 121 Å². The molecule has 0 aliphatic rings. The van der Waals surface area contributed by atoms with E-state index in [9.17, 15) is 0 Å². The van der Waals surface area contributed by atoms with Gasteiger partial charge in [0.05, 0.1) is 0 Å². The third-order valence-electron chi connectivity index (χ3n) is 5.43. The van der Waals surface area contributed by atoms with E-state index in [1.165, 1.54) is 14.0 Å². The minimum absolute atomic E-state index is 0.472. The molecule has 0 unspecified atom stereocenters. The SMILES string of the molecule is CC(C)(C)O[O][Sb]([c]1ccccc1)([c]1ccccc1)([c]1ccccc1)[c]1ccccc1.